The van der Waals surface area contributed by atoms with Crippen molar-refractivity contribution in [3.8, 4) is 0 Å². The second-order valence-corrected chi connectivity index (χ2v) is 3.42. The van der Waals surface area contributed by atoms with Gasteiger partial charge in [0.15, 0.2) is 0 Å². The normalized spacial score (nSPS) is 9.81. The molecule has 0 aromatic heterocycles. The summed E-state index contributed by atoms with van der Waals surface area (Å²) in [5.74, 6) is -1.95. The number of aryl methyl sites for hydroxylation is 1. The van der Waals surface area contributed by atoms with Crippen LogP contribution in [0.1, 0.15) is 22.3 Å². The maximum absolute atomic E-state index is 10.9. The third-order valence-electron chi connectivity index (χ3n) is 2.06. The fourth-order valence-corrected chi connectivity index (χ4v) is 1.29. The van der Waals surface area contributed by atoms with Crippen molar-refractivity contribution in [1.82, 2.24) is 0 Å². The van der Waals surface area contributed by atoms with Crippen LogP contribution in [-0.4, -0.2) is 28.7 Å². The van der Waals surface area contributed by atoms with Gasteiger partial charge in [-0.15, -0.1) is 0 Å². The molecule has 1 rings (SSSR count). The summed E-state index contributed by atoms with van der Waals surface area (Å²) in [6.07, 6.45) is -0.0486. The Balaban J connectivity index is 2.80. The highest BCUT2D eigenvalue weighted by Gasteiger charge is 2.09. The number of hydrogen-bond acceptors (Lipinski definition) is 3. The molecule has 0 unspecified atom stereocenters. The summed E-state index contributed by atoms with van der Waals surface area (Å²) in [4.78, 5) is 21.2. The molecule has 0 heterocycles. The molecule has 0 spiro atoms. The Morgan fingerprint density at radius 3 is 2.56 bits per heavy atom. The number of nitrogens with one attached hydrogen (secondary N) is 1. The van der Waals surface area contributed by atoms with E-state index in [0.29, 0.717) is 5.69 Å². The molecule has 1 aromatic carbocycles. The Hall–Kier alpha value is -2.04. The van der Waals surface area contributed by atoms with E-state index < -0.39 is 11.9 Å². The van der Waals surface area contributed by atoms with E-state index >= 15 is 0 Å². The van der Waals surface area contributed by atoms with E-state index in [-0.39, 0.29) is 18.5 Å². The maximum atomic E-state index is 10.9. The number of rotatable bonds is 5. The summed E-state index contributed by atoms with van der Waals surface area (Å²) in [5, 5.41) is 20.2. The molecule has 0 radical (unpaired) electrons. The van der Waals surface area contributed by atoms with Gasteiger partial charge in [0.05, 0.1) is 12.0 Å². The number of anilines is 1. The average molecular weight is 223 g/mol. The number of carbonyl (C=O) groups is 2. The lowest BCUT2D eigenvalue weighted by Crippen LogP contribution is -2.11. The fourth-order valence-electron chi connectivity index (χ4n) is 1.29. The van der Waals surface area contributed by atoms with Crippen LogP contribution in [-0.2, 0) is 4.79 Å². The van der Waals surface area contributed by atoms with Crippen molar-refractivity contribution in [3.63, 3.8) is 0 Å². The molecule has 0 amide bonds. The first-order chi connectivity index (χ1) is 7.50. The second kappa shape index (κ2) is 5.16. The van der Waals surface area contributed by atoms with Gasteiger partial charge in [-0.05, 0) is 24.6 Å². The predicted molar refractivity (Wildman–Crippen MR) is 58.9 cm³/mol. The van der Waals surface area contributed by atoms with Crippen LogP contribution in [0.25, 0.3) is 0 Å². The molecule has 0 aliphatic rings. The Morgan fingerprint density at radius 1 is 1.31 bits per heavy atom. The van der Waals surface area contributed by atoms with Gasteiger partial charge in [0.25, 0.3) is 0 Å². The summed E-state index contributed by atoms with van der Waals surface area (Å²) in [7, 11) is 0. The highest BCUT2D eigenvalue weighted by atomic mass is 16.4. The summed E-state index contributed by atoms with van der Waals surface area (Å²) in [6, 6.07) is 4.89. The summed E-state index contributed by atoms with van der Waals surface area (Å²) in [5.41, 5.74) is 1.52. The standard InChI is InChI=1S/C11H13NO4/c1-7-2-3-8(11(15)16)9(6-7)12-5-4-10(13)14/h2-3,6,12H,4-5H2,1H3,(H,13,14)(H,15,16). The fraction of sp³-hybridized carbons (Fsp3) is 0.273. The lowest BCUT2D eigenvalue weighted by atomic mass is 10.1. The van der Waals surface area contributed by atoms with Crippen LogP contribution in [0.4, 0.5) is 5.69 Å². The molecule has 0 atom stereocenters. The first kappa shape index (κ1) is 12.0. The minimum atomic E-state index is -1.03. The van der Waals surface area contributed by atoms with Crippen LogP contribution in [0.3, 0.4) is 0 Å². The number of aromatic carboxylic acids is 1. The molecule has 0 saturated carbocycles. The summed E-state index contributed by atoms with van der Waals surface area (Å²) < 4.78 is 0. The van der Waals surface area contributed by atoms with Gasteiger partial charge in [-0.3, -0.25) is 4.79 Å². The Bertz CT molecular complexity index is 414. The van der Waals surface area contributed by atoms with E-state index in [1.807, 2.05) is 6.92 Å². The summed E-state index contributed by atoms with van der Waals surface area (Å²) >= 11 is 0. The minimum Gasteiger partial charge on any atom is -0.481 e. The third-order valence-corrected chi connectivity index (χ3v) is 2.06. The van der Waals surface area contributed by atoms with E-state index in [2.05, 4.69) is 5.32 Å². The van der Waals surface area contributed by atoms with Crippen molar-refractivity contribution in [2.24, 2.45) is 0 Å². The van der Waals surface area contributed by atoms with E-state index in [1.54, 1.807) is 12.1 Å². The molecule has 1 aromatic rings. The first-order valence-corrected chi connectivity index (χ1v) is 4.80. The average Bonchev–Trinajstić information content (AvgIpc) is 2.16. The Kier molecular flexibility index (Phi) is 3.88. The highest BCUT2D eigenvalue weighted by molar-refractivity contribution is 5.94. The van der Waals surface area contributed by atoms with Crippen molar-refractivity contribution in [2.45, 2.75) is 13.3 Å². The molecule has 5 nitrogen and oxygen atoms in total. The van der Waals surface area contributed by atoms with Crippen molar-refractivity contribution >= 4 is 17.6 Å². The smallest absolute Gasteiger partial charge is 0.337 e. The van der Waals surface area contributed by atoms with E-state index in [9.17, 15) is 9.59 Å². The number of benzene rings is 1. The van der Waals surface area contributed by atoms with E-state index in [0.717, 1.165) is 5.56 Å². The molecule has 5 heteroatoms. The largest absolute Gasteiger partial charge is 0.481 e. The molecule has 0 aliphatic carbocycles. The van der Waals surface area contributed by atoms with Gasteiger partial charge in [0.2, 0.25) is 0 Å². The van der Waals surface area contributed by atoms with Crippen LogP contribution in [0.2, 0.25) is 0 Å². The number of carboxylic acid groups (broad SMARTS) is 2. The molecule has 0 saturated heterocycles. The molecular weight excluding hydrogens is 210 g/mol. The van der Waals surface area contributed by atoms with Gasteiger partial charge in [-0.1, -0.05) is 6.07 Å². The van der Waals surface area contributed by atoms with Gasteiger partial charge < -0.3 is 15.5 Å². The maximum Gasteiger partial charge on any atom is 0.337 e. The lowest BCUT2D eigenvalue weighted by Gasteiger charge is -2.09. The molecule has 0 fully saturated rings. The molecular formula is C11H13NO4. The zero-order chi connectivity index (χ0) is 12.1. The minimum absolute atomic E-state index is 0.0486. The van der Waals surface area contributed by atoms with Gasteiger partial charge >= 0.3 is 11.9 Å². The number of hydrogen-bond donors (Lipinski definition) is 3. The lowest BCUT2D eigenvalue weighted by molar-refractivity contribution is -0.136. The first-order valence-electron chi connectivity index (χ1n) is 4.80. The summed E-state index contributed by atoms with van der Waals surface area (Å²) in [6.45, 7) is 2.05. The zero-order valence-electron chi connectivity index (χ0n) is 8.86. The van der Waals surface area contributed by atoms with Crippen LogP contribution in [0.5, 0.6) is 0 Å². The second-order valence-electron chi connectivity index (χ2n) is 3.42. The topological polar surface area (TPSA) is 86.6 Å². The Labute approximate surface area is 92.7 Å². The van der Waals surface area contributed by atoms with Crippen LogP contribution < -0.4 is 5.32 Å². The molecule has 0 aliphatic heterocycles. The van der Waals surface area contributed by atoms with Crippen molar-refractivity contribution < 1.29 is 19.8 Å². The van der Waals surface area contributed by atoms with Gasteiger partial charge in [0.1, 0.15) is 0 Å². The highest BCUT2D eigenvalue weighted by Crippen LogP contribution is 2.17. The molecule has 3 N–H and O–H groups in total. The number of carboxylic acids is 2. The Morgan fingerprint density at radius 2 is 2.00 bits per heavy atom. The SMILES string of the molecule is Cc1ccc(C(=O)O)c(NCCC(=O)O)c1. The van der Waals surface area contributed by atoms with Crippen LogP contribution in [0, 0.1) is 6.92 Å². The molecule has 16 heavy (non-hydrogen) atoms. The van der Waals surface area contributed by atoms with Gasteiger partial charge in [-0.25, -0.2) is 4.79 Å². The van der Waals surface area contributed by atoms with Gasteiger partial charge in [-0.2, -0.15) is 0 Å². The monoisotopic (exact) mass is 223 g/mol. The van der Waals surface area contributed by atoms with E-state index in [1.165, 1.54) is 6.07 Å². The van der Waals surface area contributed by atoms with Gasteiger partial charge in [0, 0.05) is 12.2 Å². The van der Waals surface area contributed by atoms with Crippen LogP contribution >= 0.6 is 0 Å². The number of aliphatic carboxylic acids is 1. The third kappa shape index (κ3) is 3.27. The van der Waals surface area contributed by atoms with Crippen LogP contribution in [0.15, 0.2) is 18.2 Å². The van der Waals surface area contributed by atoms with Crippen molar-refractivity contribution in [3.05, 3.63) is 29.3 Å². The predicted octanol–water partition coefficient (Wildman–Crippen LogP) is 1.58. The molecule has 86 valence electrons. The molecule has 0 bridgehead atoms. The quantitative estimate of drug-likeness (QED) is 0.705. The van der Waals surface area contributed by atoms with E-state index in [4.69, 9.17) is 10.2 Å². The van der Waals surface area contributed by atoms with Crippen molar-refractivity contribution in [2.75, 3.05) is 11.9 Å². The van der Waals surface area contributed by atoms with Crippen molar-refractivity contribution in [1.29, 1.82) is 0 Å². The zero-order valence-corrected chi connectivity index (χ0v) is 8.86.